The maximum atomic E-state index is 10.8. The summed E-state index contributed by atoms with van der Waals surface area (Å²) in [5, 5.41) is 24.4. The van der Waals surface area contributed by atoms with Crippen LogP contribution in [0, 0.1) is 20.2 Å². The maximum Gasteiger partial charge on any atom is 0.299 e. The smallest absolute Gasteiger partial charge is 0.299 e. The molecule has 1 rings (SSSR count). The highest BCUT2D eigenvalue weighted by molar-refractivity contribution is 5.74. The lowest BCUT2D eigenvalue weighted by molar-refractivity contribution is -0.392. The molecule has 0 aliphatic carbocycles. The van der Waals surface area contributed by atoms with E-state index in [-0.39, 0.29) is 17.1 Å². The molecule has 0 spiro atoms. The lowest BCUT2D eigenvalue weighted by Gasteiger charge is -2.21. The lowest BCUT2D eigenvalue weighted by Crippen LogP contribution is -2.27. The number of nitrogens with zero attached hydrogens (tertiary/aromatic N) is 2. The normalized spacial score (nSPS) is 11.0. The fraction of sp³-hybridized carbons (Fsp3) is 0.400. The summed E-state index contributed by atoms with van der Waals surface area (Å²) in [6.07, 6.45) is 0. The molecule has 1 aromatic rings. The first-order valence-electron chi connectivity index (χ1n) is 4.92. The van der Waals surface area contributed by atoms with Crippen molar-refractivity contribution in [1.29, 1.82) is 0 Å². The first kappa shape index (κ1) is 12.9. The van der Waals surface area contributed by atoms with Crippen LogP contribution < -0.4 is 5.32 Å². The van der Waals surface area contributed by atoms with Gasteiger partial charge in [-0.1, -0.05) is 0 Å². The highest BCUT2D eigenvalue weighted by atomic mass is 16.6. The summed E-state index contributed by atoms with van der Waals surface area (Å²) in [6.45, 7) is 5.31. The van der Waals surface area contributed by atoms with Gasteiger partial charge in [0.25, 0.3) is 11.4 Å². The molecule has 17 heavy (non-hydrogen) atoms. The summed E-state index contributed by atoms with van der Waals surface area (Å²) in [5.41, 5.74) is -1.16. The van der Waals surface area contributed by atoms with Crippen LogP contribution in [0.3, 0.4) is 0 Å². The van der Waals surface area contributed by atoms with Gasteiger partial charge in [-0.3, -0.25) is 20.2 Å². The van der Waals surface area contributed by atoms with Gasteiger partial charge in [-0.15, -0.1) is 0 Å². The van der Waals surface area contributed by atoms with Crippen LogP contribution >= 0.6 is 0 Å². The quantitative estimate of drug-likeness (QED) is 0.645. The number of anilines is 1. The topological polar surface area (TPSA) is 98.3 Å². The van der Waals surface area contributed by atoms with Crippen LogP contribution in [0.15, 0.2) is 18.2 Å². The second-order valence-corrected chi connectivity index (χ2v) is 4.56. The van der Waals surface area contributed by atoms with Crippen LogP contribution in [0.5, 0.6) is 0 Å². The van der Waals surface area contributed by atoms with E-state index in [1.165, 1.54) is 18.2 Å². The molecule has 92 valence electrons. The molecule has 0 aromatic heterocycles. The van der Waals surface area contributed by atoms with Crippen molar-refractivity contribution in [3.05, 3.63) is 38.4 Å². The minimum absolute atomic E-state index is 0.0602. The van der Waals surface area contributed by atoms with Crippen LogP contribution in [-0.2, 0) is 0 Å². The fourth-order valence-electron chi connectivity index (χ4n) is 1.34. The zero-order valence-corrected chi connectivity index (χ0v) is 9.76. The number of benzene rings is 1. The molecule has 0 aliphatic rings. The van der Waals surface area contributed by atoms with E-state index in [1.807, 2.05) is 0 Å². The molecule has 0 saturated heterocycles. The van der Waals surface area contributed by atoms with E-state index in [1.54, 1.807) is 20.8 Å². The molecule has 0 bridgehead atoms. The first-order valence-corrected chi connectivity index (χ1v) is 4.92. The van der Waals surface area contributed by atoms with Gasteiger partial charge in [0.15, 0.2) is 5.69 Å². The van der Waals surface area contributed by atoms with Crippen molar-refractivity contribution in [3.8, 4) is 0 Å². The molecule has 0 amide bonds. The molecule has 1 N–H and O–H groups in total. The summed E-state index contributed by atoms with van der Waals surface area (Å²) in [4.78, 5) is 20.4. The zero-order chi connectivity index (χ0) is 13.2. The van der Waals surface area contributed by atoms with E-state index >= 15 is 0 Å². The summed E-state index contributed by atoms with van der Waals surface area (Å²) >= 11 is 0. The predicted molar refractivity (Wildman–Crippen MR) is 63.1 cm³/mol. The van der Waals surface area contributed by atoms with Crippen molar-refractivity contribution >= 4 is 17.1 Å². The van der Waals surface area contributed by atoms with Gasteiger partial charge < -0.3 is 5.32 Å². The Kier molecular flexibility index (Phi) is 3.31. The highest BCUT2D eigenvalue weighted by Crippen LogP contribution is 2.35. The molecular weight excluding hydrogens is 226 g/mol. The third-order valence-electron chi connectivity index (χ3n) is 1.91. The van der Waals surface area contributed by atoms with Gasteiger partial charge in [0.2, 0.25) is 0 Å². The van der Waals surface area contributed by atoms with E-state index in [2.05, 4.69) is 5.32 Å². The minimum Gasteiger partial charge on any atom is -0.369 e. The highest BCUT2D eigenvalue weighted by Gasteiger charge is 2.27. The minimum atomic E-state index is -0.638. The van der Waals surface area contributed by atoms with Crippen molar-refractivity contribution in [1.82, 2.24) is 0 Å². The molecular formula is C10H13N3O4. The lowest BCUT2D eigenvalue weighted by atomic mass is 10.1. The Morgan fingerprint density at radius 3 is 1.76 bits per heavy atom. The standard InChI is InChI=1S/C10H13N3O4/c1-10(2,3)11-9-7(12(14)15)5-4-6-8(9)13(16)17/h4-6,11H,1-3H3. The number of rotatable bonds is 3. The number of nitrogens with one attached hydrogen (secondary N) is 1. The zero-order valence-electron chi connectivity index (χ0n) is 9.76. The molecule has 7 heteroatoms. The van der Waals surface area contributed by atoms with Gasteiger partial charge in [0.05, 0.1) is 9.85 Å². The van der Waals surface area contributed by atoms with Crippen molar-refractivity contribution < 1.29 is 9.85 Å². The molecule has 0 radical (unpaired) electrons. The van der Waals surface area contributed by atoms with Crippen LogP contribution in [0.1, 0.15) is 20.8 Å². The molecule has 0 saturated carbocycles. The summed E-state index contributed by atoms with van der Waals surface area (Å²) in [5.74, 6) is 0. The molecule has 0 unspecified atom stereocenters. The van der Waals surface area contributed by atoms with Crippen LogP contribution in [0.2, 0.25) is 0 Å². The summed E-state index contributed by atoms with van der Waals surface area (Å²) in [6, 6.07) is 3.77. The Labute approximate surface area is 97.7 Å². The van der Waals surface area contributed by atoms with Crippen molar-refractivity contribution in [2.75, 3.05) is 5.32 Å². The molecule has 7 nitrogen and oxygen atoms in total. The SMILES string of the molecule is CC(C)(C)Nc1c([N+](=O)[O-])cccc1[N+](=O)[O-]. The van der Waals surface area contributed by atoms with E-state index in [4.69, 9.17) is 0 Å². The molecule has 1 aromatic carbocycles. The Balaban J connectivity index is 3.39. The third kappa shape index (κ3) is 3.13. The second-order valence-electron chi connectivity index (χ2n) is 4.56. The first-order chi connectivity index (χ1) is 7.72. The van der Waals surface area contributed by atoms with Crippen molar-refractivity contribution in [2.45, 2.75) is 26.3 Å². The van der Waals surface area contributed by atoms with Gasteiger partial charge in [-0.05, 0) is 26.8 Å². The summed E-state index contributed by atoms with van der Waals surface area (Å²) < 4.78 is 0. The number of hydrogen-bond acceptors (Lipinski definition) is 5. The Bertz CT molecular complexity index is 433. The second kappa shape index (κ2) is 4.36. The van der Waals surface area contributed by atoms with Gasteiger partial charge >= 0.3 is 0 Å². The van der Waals surface area contributed by atoms with Crippen LogP contribution in [-0.4, -0.2) is 15.4 Å². The van der Waals surface area contributed by atoms with Crippen molar-refractivity contribution in [2.24, 2.45) is 0 Å². The number of hydrogen-bond donors (Lipinski definition) is 1. The van der Waals surface area contributed by atoms with Gasteiger partial charge in [-0.2, -0.15) is 0 Å². The average Bonchev–Trinajstić information content (AvgIpc) is 2.14. The van der Waals surface area contributed by atoms with E-state index in [0.717, 1.165) is 0 Å². The predicted octanol–water partition coefficient (Wildman–Crippen LogP) is 2.71. The van der Waals surface area contributed by atoms with E-state index in [9.17, 15) is 20.2 Å². The number of nitro benzene ring substituents is 2. The fourth-order valence-corrected chi connectivity index (χ4v) is 1.34. The van der Waals surface area contributed by atoms with Gasteiger partial charge in [0, 0.05) is 17.7 Å². The average molecular weight is 239 g/mol. The maximum absolute atomic E-state index is 10.8. The Hall–Kier alpha value is -2.18. The van der Waals surface area contributed by atoms with E-state index in [0.29, 0.717) is 0 Å². The van der Waals surface area contributed by atoms with Crippen LogP contribution in [0.25, 0.3) is 0 Å². The number of nitro groups is 2. The van der Waals surface area contributed by atoms with Crippen LogP contribution in [0.4, 0.5) is 17.1 Å². The van der Waals surface area contributed by atoms with Crippen molar-refractivity contribution in [3.63, 3.8) is 0 Å². The Morgan fingerprint density at radius 1 is 1.06 bits per heavy atom. The van der Waals surface area contributed by atoms with Gasteiger partial charge in [0.1, 0.15) is 0 Å². The largest absolute Gasteiger partial charge is 0.369 e. The number of para-hydroxylation sites is 1. The molecule has 0 fully saturated rings. The third-order valence-corrected chi connectivity index (χ3v) is 1.91. The van der Waals surface area contributed by atoms with E-state index < -0.39 is 15.4 Å². The molecule has 0 heterocycles. The monoisotopic (exact) mass is 239 g/mol. The summed E-state index contributed by atoms with van der Waals surface area (Å²) in [7, 11) is 0. The Morgan fingerprint density at radius 2 is 1.47 bits per heavy atom. The molecule has 0 atom stereocenters. The molecule has 0 aliphatic heterocycles. The van der Waals surface area contributed by atoms with Gasteiger partial charge in [-0.25, -0.2) is 0 Å².